The van der Waals surface area contributed by atoms with Crippen LogP contribution < -0.4 is 15.5 Å². The lowest BCUT2D eigenvalue weighted by Crippen LogP contribution is -2.43. The molecule has 0 radical (unpaired) electrons. The highest BCUT2D eigenvalue weighted by atomic mass is 16.1. The highest BCUT2D eigenvalue weighted by Gasteiger charge is 2.17. The van der Waals surface area contributed by atoms with Gasteiger partial charge < -0.3 is 15.5 Å². The summed E-state index contributed by atoms with van der Waals surface area (Å²) in [5, 5.41) is 7.29. The van der Waals surface area contributed by atoms with Crippen molar-refractivity contribution in [3.05, 3.63) is 72.9 Å². The number of aromatic nitrogens is 4. The number of fused-ring (bicyclic) bond motifs is 1. The van der Waals surface area contributed by atoms with Crippen LogP contribution in [0.15, 0.2) is 67.3 Å². The molecule has 1 fully saturated rings. The van der Waals surface area contributed by atoms with Crippen LogP contribution in [0.3, 0.4) is 0 Å². The van der Waals surface area contributed by atoms with E-state index in [1.54, 1.807) is 30.9 Å². The van der Waals surface area contributed by atoms with Crippen LogP contribution in [0.2, 0.25) is 0 Å². The van der Waals surface area contributed by atoms with Gasteiger partial charge in [-0.3, -0.25) is 14.8 Å². The number of amides is 1. The fraction of sp³-hybridized carbons (Fsp3) is 0.174. The van der Waals surface area contributed by atoms with Gasteiger partial charge >= 0.3 is 0 Å². The first-order valence-corrected chi connectivity index (χ1v) is 10.2. The predicted molar refractivity (Wildman–Crippen MR) is 120 cm³/mol. The Morgan fingerprint density at radius 3 is 2.77 bits per heavy atom. The van der Waals surface area contributed by atoms with Gasteiger partial charge in [-0.25, -0.2) is 9.97 Å². The molecule has 8 nitrogen and oxygen atoms in total. The van der Waals surface area contributed by atoms with Crippen LogP contribution in [-0.2, 0) is 0 Å². The van der Waals surface area contributed by atoms with Gasteiger partial charge in [0.25, 0.3) is 5.91 Å². The molecule has 1 aliphatic heterocycles. The van der Waals surface area contributed by atoms with Crippen molar-refractivity contribution in [2.75, 3.05) is 36.4 Å². The lowest BCUT2D eigenvalue weighted by atomic mass is 10.1. The molecule has 0 aliphatic carbocycles. The van der Waals surface area contributed by atoms with Crippen molar-refractivity contribution in [3.8, 4) is 11.4 Å². The van der Waals surface area contributed by atoms with Gasteiger partial charge in [0, 0.05) is 55.7 Å². The van der Waals surface area contributed by atoms with E-state index in [1.165, 1.54) is 0 Å². The van der Waals surface area contributed by atoms with Gasteiger partial charge in [-0.15, -0.1) is 0 Å². The first kappa shape index (κ1) is 19.1. The zero-order valence-corrected chi connectivity index (χ0v) is 16.8. The number of anilines is 2. The Kier molecular flexibility index (Phi) is 5.20. The molecule has 1 aliphatic rings. The molecule has 1 saturated heterocycles. The minimum Gasteiger partial charge on any atom is -0.367 e. The number of hydrogen-bond acceptors (Lipinski definition) is 7. The number of pyridine rings is 2. The third kappa shape index (κ3) is 4.06. The maximum Gasteiger partial charge on any atom is 0.274 e. The Labute approximate surface area is 179 Å². The van der Waals surface area contributed by atoms with Crippen LogP contribution in [0.5, 0.6) is 0 Å². The highest BCUT2D eigenvalue weighted by Crippen LogP contribution is 2.25. The molecule has 154 valence electrons. The zero-order chi connectivity index (χ0) is 21.0. The number of hydrogen-bond donors (Lipinski definition) is 2. The van der Waals surface area contributed by atoms with Gasteiger partial charge in [0.15, 0.2) is 5.82 Å². The molecule has 8 heteroatoms. The van der Waals surface area contributed by atoms with E-state index in [0.717, 1.165) is 48.3 Å². The monoisotopic (exact) mass is 411 g/mol. The van der Waals surface area contributed by atoms with Crippen LogP contribution >= 0.6 is 0 Å². The highest BCUT2D eigenvalue weighted by molar-refractivity contribution is 6.04. The third-order valence-corrected chi connectivity index (χ3v) is 5.24. The quantitative estimate of drug-likeness (QED) is 0.533. The van der Waals surface area contributed by atoms with E-state index in [0.29, 0.717) is 11.5 Å². The molecule has 1 aromatic carbocycles. The first-order valence-electron chi connectivity index (χ1n) is 10.2. The van der Waals surface area contributed by atoms with Gasteiger partial charge in [0.1, 0.15) is 5.69 Å². The lowest BCUT2D eigenvalue weighted by Gasteiger charge is -2.30. The van der Waals surface area contributed by atoms with Crippen LogP contribution in [0.25, 0.3) is 22.3 Å². The molecular formula is C23H21N7O. The molecule has 4 aromatic rings. The fourth-order valence-corrected chi connectivity index (χ4v) is 3.67. The van der Waals surface area contributed by atoms with Gasteiger partial charge in [-0.05, 0) is 24.3 Å². The number of carbonyl (C=O) groups excluding carboxylic acids is 1. The van der Waals surface area contributed by atoms with Crippen molar-refractivity contribution in [1.29, 1.82) is 0 Å². The average Bonchev–Trinajstić information content (AvgIpc) is 2.85. The molecular weight excluding hydrogens is 390 g/mol. The van der Waals surface area contributed by atoms with E-state index < -0.39 is 0 Å². The van der Waals surface area contributed by atoms with Gasteiger partial charge in [-0.1, -0.05) is 18.2 Å². The van der Waals surface area contributed by atoms with Crippen molar-refractivity contribution < 1.29 is 4.79 Å². The van der Waals surface area contributed by atoms with E-state index in [9.17, 15) is 4.79 Å². The summed E-state index contributed by atoms with van der Waals surface area (Å²) in [6.07, 6.45) is 6.73. The summed E-state index contributed by atoms with van der Waals surface area (Å²) < 4.78 is 0. The molecule has 0 bridgehead atoms. The van der Waals surface area contributed by atoms with Gasteiger partial charge in [-0.2, -0.15) is 0 Å². The van der Waals surface area contributed by atoms with E-state index in [4.69, 9.17) is 0 Å². The maximum atomic E-state index is 13.0. The minimum atomic E-state index is -0.304. The third-order valence-electron chi connectivity index (χ3n) is 5.24. The average molecular weight is 411 g/mol. The molecule has 4 heterocycles. The van der Waals surface area contributed by atoms with E-state index >= 15 is 0 Å². The standard InChI is InChI=1S/C23H21N7O/c31-23(29-20-15-25-7-6-21(20)30-11-9-24-10-12-30)19-5-8-26-22(28-19)17-13-16-3-1-2-4-18(16)27-14-17/h1-8,13-15,24H,9-12H2,(H,29,31). The fourth-order valence-electron chi connectivity index (χ4n) is 3.67. The number of nitrogens with zero attached hydrogens (tertiary/aromatic N) is 5. The van der Waals surface area contributed by atoms with E-state index in [1.807, 2.05) is 36.4 Å². The van der Waals surface area contributed by atoms with Crippen LogP contribution in [-0.4, -0.2) is 52.0 Å². The van der Waals surface area contributed by atoms with Crippen LogP contribution in [0.1, 0.15) is 10.5 Å². The van der Waals surface area contributed by atoms with Gasteiger partial charge in [0.05, 0.1) is 23.1 Å². The second kappa shape index (κ2) is 8.45. The minimum absolute atomic E-state index is 0.285. The van der Waals surface area contributed by atoms with Crippen molar-refractivity contribution in [3.63, 3.8) is 0 Å². The smallest absolute Gasteiger partial charge is 0.274 e. The van der Waals surface area contributed by atoms with Crippen LogP contribution in [0, 0.1) is 0 Å². The summed E-state index contributed by atoms with van der Waals surface area (Å²) in [6.45, 7) is 3.56. The molecule has 5 rings (SSSR count). The second-order valence-corrected chi connectivity index (χ2v) is 7.27. The number of para-hydroxylation sites is 1. The summed E-state index contributed by atoms with van der Waals surface area (Å²) in [5.41, 5.74) is 3.57. The van der Waals surface area contributed by atoms with Crippen LogP contribution in [0.4, 0.5) is 11.4 Å². The molecule has 2 N–H and O–H groups in total. The normalized spacial score (nSPS) is 13.9. The number of rotatable bonds is 4. The number of benzene rings is 1. The summed E-state index contributed by atoms with van der Waals surface area (Å²) >= 11 is 0. The maximum absolute atomic E-state index is 13.0. The number of nitrogens with one attached hydrogen (secondary N) is 2. The summed E-state index contributed by atoms with van der Waals surface area (Å²) in [5.74, 6) is 0.154. The summed E-state index contributed by atoms with van der Waals surface area (Å²) in [6, 6.07) is 13.4. The summed E-state index contributed by atoms with van der Waals surface area (Å²) in [7, 11) is 0. The molecule has 1 amide bonds. The molecule has 0 unspecified atom stereocenters. The molecule has 31 heavy (non-hydrogen) atoms. The largest absolute Gasteiger partial charge is 0.367 e. The van der Waals surface area contributed by atoms with Crippen molar-refractivity contribution >= 4 is 28.2 Å². The van der Waals surface area contributed by atoms with Gasteiger partial charge in [0.2, 0.25) is 0 Å². The van der Waals surface area contributed by atoms with Crippen molar-refractivity contribution in [1.82, 2.24) is 25.3 Å². The number of piperazine rings is 1. The Balaban J connectivity index is 1.41. The van der Waals surface area contributed by atoms with Crippen molar-refractivity contribution in [2.45, 2.75) is 0 Å². The molecule has 0 saturated carbocycles. The van der Waals surface area contributed by atoms with E-state index in [-0.39, 0.29) is 11.6 Å². The first-order chi connectivity index (χ1) is 15.3. The SMILES string of the molecule is O=C(Nc1cnccc1N1CCNCC1)c1ccnc(-c2cnc3ccccc3c2)n1. The second-order valence-electron chi connectivity index (χ2n) is 7.27. The van der Waals surface area contributed by atoms with Crippen molar-refractivity contribution in [2.24, 2.45) is 0 Å². The topological polar surface area (TPSA) is 95.9 Å². The molecule has 0 atom stereocenters. The Hall–Kier alpha value is -3.91. The Morgan fingerprint density at radius 2 is 1.87 bits per heavy atom. The molecule has 3 aromatic heterocycles. The zero-order valence-electron chi connectivity index (χ0n) is 16.8. The van der Waals surface area contributed by atoms with E-state index in [2.05, 4.69) is 35.5 Å². The Bertz CT molecular complexity index is 1240. The predicted octanol–water partition coefficient (Wildman–Crippen LogP) is 2.75. The molecule has 0 spiro atoms. The summed E-state index contributed by atoms with van der Waals surface area (Å²) in [4.78, 5) is 32.7. The number of carbonyl (C=O) groups is 1. The lowest BCUT2D eigenvalue weighted by molar-refractivity contribution is 0.102. The Morgan fingerprint density at radius 1 is 1.00 bits per heavy atom.